The van der Waals surface area contributed by atoms with Gasteiger partial charge in [-0.25, -0.2) is 4.79 Å². The summed E-state index contributed by atoms with van der Waals surface area (Å²) in [7, 11) is 0. The van der Waals surface area contributed by atoms with Crippen LogP contribution < -0.4 is 5.32 Å². The second-order valence-corrected chi connectivity index (χ2v) is 8.18. The zero-order valence-electron chi connectivity index (χ0n) is 18.8. The maximum Gasteiger partial charge on any atom is 0.328 e. The van der Waals surface area contributed by atoms with E-state index in [0.717, 1.165) is 12.8 Å². The van der Waals surface area contributed by atoms with Crippen LogP contribution in [0, 0.1) is 0 Å². The summed E-state index contributed by atoms with van der Waals surface area (Å²) in [5.74, 6) is -0.0685. The van der Waals surface area contributed by atoms with Crippen LogP contribution in [-0.2, 0) is 9.53 Å². The van der Waals surface area contributed by atoms with Gasteiger partial charge in [-0.05, 0) is 25.5 Å². The summed E-state index contributed by atoms with van der Waals surface area (Å²) in [5, 5.41) is 12.5. The van der Waals surface area contributed by atoms with Gasteiger partial charge >= 0.3 is 5.97 Å². The molecule has 2 N–H and O–H groups in total. The summed E-state index contributed by atoms with van der Waals surface area (Å²) in [6.07, 6.45) is 18.5. The molecule has 0 aliphatic heterocycles. The topological polar surface area (TPSA) is 58.6 Å². The number of hydrogen-bond donors (Lipinski definition) is 2. The Balaban J connectivity index is 1.88. The highest BCUT2D eigenvalue weighted by atomic mass is 16.5. The van der Waals surface area contributed by atoms with E-state index in [1.54, 1.807) is 25.1 Å². The molecule has 0 saturated heterocycles. The number of esters is 1. The van der Waals surface area contributed by atoms with Crippen LogP contribution in [0.1, 0.15) is 104 Å². The number of aromatic hydroxyl groups is 1. The molecule has 0 aliphatic carbocycles. The molecule has 1 aromatic carbocycles. The quantitative estimate of drug-likeness (QED) is 0.200. The molecule has 29 heavy (non-hydrogen) atoms. The van der Waals surface area contributed by atoms with Crippen LogP contribution in [0.15, 0.2) is 24.3 Å². The number of phenolic OH excluding ortho intramolecular Hbond substituents is 1. The van der Waals surface area contributed by atoms with Crippen molar-refractivity contribution >= 4 is 11.7 Å². The van der Waals surface area contributed by atoms with Crippen LogP contribution in [-0.4, -0.2) is 23.7 Å². The van der Waals surface area contributed by atoms with Crippen molar-refractivity contribution < 1.29 is 14.6 Å². The first-order chi connectivity index (χ1) is 14.1. The molecule has 4 nitrogen and oxygen atoms in total. The van der Waals surface area contributed by atoms with Crippen molar-refractivity contribution in [3.8, 4) is 5.75 Å². The molecule has 0 heterocycles. The van der Waals surface area contributed by atoms with Gasteiger partial charge in [0, 0.05) is 11.8 Å². The van der Waals surface area contributed by atoms with Crippen molar-refractivity contribution in [2.75, 3.05) is 11.9 Å². The third-order valence-electron chi connectivity index (χ3n) is 5.33. The van der Waals surface area contributed by atoms with E-state index in [2.05, 4.69) is 12.2 Å². The van der Waals surface area contributed by atoms with Crippen molar-refractivity contribution in [3.05, 3.63) is 24.3 Å². The fourth-order valence-corrected chi connectivity index (χ4v) is 3.50. The number of benzene rings is 1. The van der Waals surface area contributed by atoms with E-state index in [-0.39, 0.29) is 11.7 Å². The molecule has 1 aromatic rings. The van der Waals surface area contributed by atoms with Gasteiger partial charge in [0.05, 0.1) is 6.61 Å². The molecule has 166 valence electrons. The van der Waals surface area contributed by atoms with E-state index in [9.17, 15) is 9.90 Å². The Morgan fingerprint density at radius 3 is 1.93 bits per heavy atom. The molecule has 0 radical (unpaired) electrons. The smallest absolute Gasteiger partial charge is 0.328 e. The minimum Gasteiger partial charge on any atom is -0.508 e. The molecule has 1 rings (SSSR count). The second-order valence-electron chi connectivity index (χ2n) is 8.18. The fraction of sp³-hybridized carbons (Fsp3) is 0.720. The Labute approximate surface area is 178 Å². The molecule has 1 atom stereocenters. The predicted molar refractivity (Wildman–Crippen MR) is 122 cm³/mol. The van der Waals surface area contributed by atoms with Crippen LogP contribution in [0.3, 0.4) is 0 Å². The van der Waals surface area contributed by atoms with Crippen molar-refractivity contribution in [3.63, 3.8) is 0 Å². The molecule has 0 aliphatic rings. The number of carbonyl (C=O) groups is 1. The van der Waals surface area contributed by atoms with Crippen LogP contribution in [0.5, 0.6) is 5.75 Å². The normalized spacial score (nSPS) is 11.9. The van der Waals surface area contributed by atoms with E-state index in [1.807, 2.05) is 6.07 Å². The number of unbranched alkanes of at least 4 members (excludes halogenated alkanes) is 13. The Bertz CT molecular complexity index is 533. The first-order valence-corrected chi connectivity index (χ1v) is 11.9. The van der Waals surface area contributed by atoms with Gasteiger partial charge in [0.2, 0.25) is 0 Å². The average molecular weight is 406 g/mol. The molecule has 0 amide bonds. The summed E-state index contributed by atoms with van der Waals surface area (Å²) in [4.78, 5) is 12.0. The van der Waals surface area contributed by atoms with Gasteiger partial charge in [0.25, 0.3) is 0 Å². The molecule has 0 aromatic heterocycles. The summed E-state index contributed by atoms with van der Waals surface area (Å²) in [6, 6.07) is 6.33. The number of rotatable bonds is 18. The van der Waals surface area contributed by atoms with E-state index >= 15 is 0 Å². The number of hydrogen-bond acceptors (Lipinski definition) is 4. The molecule has 1 unspecified atom stereocenters. The lowest BCUT2D eigenvalue weighted by Gasteiger charge is -2.14. The number of anilines is 1. The number of carbonyl (C=O) groups excluding carboxylic acids is 1. The molecule has 0 saturated carbocycles. The maximum atomic E-state index is 12.0. The van der Waals surface area contributed by atoms with Crippen molar-refractivity contribution in [1.82, 2.24) is 0 Å². The largest absolute Gasteiger partial charge is 0.508 e. The average Bonchev–Trinajstić information content (AvgIpc) is 2.70. The predicted octanol–water partition coefficient (Wildman–Crippen LogP) is 7.22. The fourth-order valence-electron chi connectivity index (χ4n) is 3.50. The van der Waals surface area contributed by atoms with Gasteiger partial charge < -0.3 is 15.2 Å². The summed E-state index contributed by atoms with van der Waals surface area (Å²) >= 11 is 0. The Morgan fingerprint density at radius 2 is 1.41 bits per heavy atom. The van der Waals surface area contributed by atoms with Gasteiger partial charge in [-0.1, -0.05) is 96.5 Å². The third kappa shape index (κ3) is 14.0. The summed E-state index contributed by atoms with van der Waals surface area (Å²) in [6.45, 7) is 4.53. The highest BCUT2D eigenvalue weighted by Crippen LogP contribution is 2.16. The summed E-state index contributed by atoms with van der Waals surface area (Å²) < 4.78 is 5.35. The number of ether oxygens (including phenoxy) is 1. The van der Waals surface area contributed by atoms with Gasteiger partial charge in [-0.3, -0.25) is 0 Å². The van der Waals surface area contributed by atoms with Crippen molar-refractivity contribution in [1.29, 1.82) is 0 Å². The standard InChI is InChI=1S/C25H43NO3/c1-3-4-5-6-7-8-9-10-11-12-13-14-15-16-20-29-25(28)22(2)26-23-18-17-19-24(27)21-23/h17-19,21-22,26-27H,3-16,20H2,1-2H3. The Hall–Kier alpha value is -1.71. The lowest BCUT2D eigenvalue weighted by molar-refractivity contribution is -0.144. The highest BCUT2D eigenvalue weighted by molar-refractivity contribution is 5.78. The van der Waals surface area contributed by atoms with E-state index in [4.69, 9.17) is 4.74 Å². The highest BCUT2D eigenvalue weighted by Gasteiger charge is 2.14. The van der Waals surface area contributed by atoms with Gasteiger partial charge in [-0.15, -0.1) is 0 Å². The summed E-state index contributed by atoms with van der Waals surface area (Å²) in [5.41, 5.74) is 0.714. The zero-order chi connectivity index (χ0) is 21.2. The van der Waals surface area contributed by atoms with Crippen LogP contribution in [0.25, 0.3) is 0 Å². The minimum absolute atomic E-state index is 0.179. The number of phenols is 1. The maximum absolute atomic E-state index is 12.0. The van der Waals surface area contributed by atoms with Crippen molar-refractivity contribution in [2.24, 2.45) is 0 Å². The Morgan fingerprint density at radius 1 is 0.897 bits per heavy atom. The van der Waals surface area contributed by atoms with Gasteiger partial charge in [-0.2, -0.15) is 0 Å². The SMILES string of the molecule is CCCCCCCCCCCCCCCCOC(=O)C(C)Nc1cccc(O)c1. The monoisotopic (exact) mass is 405 g/mol. The minimum atomic E-state index is -0.427. The first-order valence-electron chi connectivity index (χ1n) is 11.9. The molecule has 4 heteroatoms. The van der Waals surface area contributed by atoms with Gasteiger partial charge in [0.15, 0.2) is 0 Å². The lowest BCUT2D eigenvalue weighted by atomic mass is 10.0. The zero-order valence-corrected chi connectivity index (χ0v) is 18.8. The van der Waals surface area contributed by atoms with E-state index in [0.29, 0.717) is 12.3 Å². The molecular weight excluding hydrogens is 362 g/mol. The van der Waals surface area contributed by atoms with Crippen molar-refractivity contribution in [2.45, 2.75) is 110 Å². The molecular formula is C25H43NO3. The molecule has 0 spiro atoms. The molecule has 0 fully saturated rings. The van der Waals surface area contributed by atoms with Crippen LogP contribution >= 0.6 is 0 Å². The van der Waals surface area contributed by atoms with Gasteiger partial charge in [0.1, 0.15) is 11.8 Å². The van der Waals surface area contributed by atoms with E-state index < -0.39 is 6.04 Å². The van der Waals surface area contributed by atoms with Crippen LogP contribution in [0.4, 0.5) is 5.69 Å². The Kier molecular flexibility index (Phi) is 15.0. The number of nitrogens with one attached hydrogen (secondary N) is 1. The lowest BCUT2D eigenvalue weighted by Crippen LogP contribution is -2.28. The first kappa shape index (κ1) is 25.3. The third-order valence-corrected chi connectivity index (χ3v) is 5.33. The second kappa shape index (κ2) is 17.2. The van der Waals surface area contributed by atoms with Crippen LogP contribution in [0.2, 0.25) is 0 Å². The molecule has 0 bridgehead atoms. The van der Waals surface area contributed by atoms with E-state index in [1.165, 1.54) is 77.0 Å².